The maximum Gasteiger partial charge on any atom is 0.251 e. The molecule has 118 valence electrons. The summed E-state index contributed by atoms with van der Waals surface area (Å²) >= 11 is 0. The van der Waals surface area contributed by atoms with Crippen molar-refractivity contribution in [2.45, 2.75) is 18.9 Å². The first kappa shape index (κ1) is 17.8. The van der Waals surface area contributed by atoms with Gasteiger partial charge in [0.15, 0.2) is 0 Å². The lowest BCUT2D eigenvalue weighted by molar-refractivity contribution is 0.0679. The highest BCUT2D eigenvalue weighted by Crippen LogP contribution is 2.17. The van der Waals surface area contributed by atoms with Gasteiger partial charge in [0.1, 0.15) is 12.4 Å². The monoisotopic (exact) mass is 314 g/mol. The summed E-state index contributed by atoms with van der Waals surface area (Å²) in [4.78, 5) is 11.9. The molecule has 1 heterocycles. The van der Waals surface area contributed by atoms with Gasteiger partial charge in [0.25, 0.3) is 5.91 Å². The summed E-state index contributed by atoms with van der Waals surface area (Å²) < 4.78 is 11.2. The van der Waals surface area contributed by atoms with E-state index in [1.165, 1.54) is 0 Å². The maximum atomic E-state index is 11.9. The number of carbonyl (C=O) groups is 1. The van der Waals surface area contributed by atoms with E-state index in [4.69, 9.17) is 9.47 Å². The van der Waals surface area contributed by atoms with E-state index >= 15 is 0 Å². The summed E-state index contributed by atoms with van der Waals surface area (Å²) in [6.07, 6.45) is 2.33. The molecule has 21 heavy (non-hydrogen) atoms. The van der Waals surface area contributed by atoms with Crippen LogP contribution in [0.2, 0.25) is 0 Å². The molecule has 1 atom stereocenters. The average molecular weight is 315 g/mol. The van der Waals surface area contributed by atoms with Crippen LogP contribution in [0.15, 0.2) is 24.3 Å². The van der Waals surface area contributed by atoms with Gasteiger partial charge in [-0.1, -0.05) is 6.07 Å². The molecule has 0 radical (unpaired) electrons. The van der Waals surface area contributed by atoms with Crippen molar-refractivity contribution in [2.24, 2.45) is 0 Å². The van der Waals surface area contributed by atoms with E-state index in [1.54, 1.807) is 12.1 Å². The fraction of sp³-hybridized carbons (Fsp3) is 0.533. The molecule has 0 aromatic heterocycles. The smallest absolute Gasteiger partial charge is 0.251 e. The number of amides is 1. The molecule has 2 N–H and O–H groups in total. The van der Waals surface area contributed by atoms with Crippen LogP contribution in [0, 0.1) is 0 Å². The van der Waals surface area contributed by atoms with E-state index < -0.39 is 0 Å². The number of likely N-dealkylation sites (N-methyl/N-ethyl adjacent to an activating group) is 1. The summed E-state index contributed by atoms with van der Waals surface area (Å²) in [5.74, 6) is 0.629. The van der Waals surface area contributed by atoms with Crippen LogP contribution >= 0.6 is 12.4 Å². The maximum absolute atomic E-state index is 11.9. The molecule has 1 aromatic rings. The number of halogens is 1. The molecule has 1 unspecified atom stereocenters. The minimum Gasteiger partial charge on any atom is -0.491 e. The van der Waals surface area contributed by atoms with Gasteiger partial charge in [0, 0.05) is 25.3 Å². The Morgan fingerprint density at radius 1 is 1.43 bits per heavy atom. The lowest BCUT2D eigenvalue weighted by Gasteiger charge is -2.12. The molecule has 1 amide bonds. The third kappa shape index (κ3) is 5.91. The molecule has 1 saturated heterocycles. The molecule has 0 saturated carbocycles. The van der Waals surface area contributed by atoms with Gasteiger partial charge >= 0.3 is 0 Å². The van der Waals surface area contributed by atoms with E-state index in [-0.39, 0.29) is 24.4 Å². The van der Waals surface area contributed by atoms with Crippen LogP contribution in [0.3, 0.4) is 0 Å². The molecule has 5 nitrogen and oxygen atoms in total. The fourth-order valence-corrected chi connectivity index (χ4v) is 2.10. The topological polar surface area (TPSA) is 59.6 Å². The van der Waals surface area contributed by atoms with Gasteiger partial charge in [-0.15, -0.1) is 12.4 Å². The van der Waals surface area contributed by atoms with Crippen LogP contribution in [0.25, 0.3) is 0 Å². The van der Waals surface area contributed by atoms with Crippen molar-refractivity contribution >= 4 is 18.3 Å². The lowest BCUT2D eigenvalue weighted by Crippen LogP contribution is -2.30. The zero-order valence-electron chi connectivity index (χ0n) is 12.3. The number of hydrogen-bond donors (Lipinski definition) is 2. The lowest BCUT2D eigenvalue weighted by atomic mass is 10.2. The summed E-state index contributed by atoms with van der Waals surface area (Å²) in [5.41, 5.74) is 0.617. The van der Waals surface area contributed by atoms with Crippen molar-refractivity contribution in [3.05, 3.63) is 29.8 Å². The van der Waals surface area contributed by atoms with Crippen LogP contribution in [-0.2, 0) is 4.74 Å². The van der Waals surface area contributed by atoms with Gasteiger partial charge in [0.05, 0.1) is 6.10 Å². The Morgan fingerprint density at radius 2 is 2.29 bits per heavy atom. The number of rotatable bonds is 7. The van der Waals surface area contributed by atoms with Crippen molar-refractivity contribution in [3.8, 4) is 5.75 Å². The Bertz CT molecular complexity index is 437. The van der Waals surface area contributed by atoms with Gasteiger partial charge < -0.3 is 20.1 Å². The van der Waals surface area contributed by atoms with Gasteiger partial charge in [-0.05, 0) is 38.1 Å². The molecule has 6 heteroatoms. The normalized spacial score (nSPS) is 17.1. The molecule has 1 aliphatic rings. The minimum atomic E-state index is -0.0807. The van der Waals surface area contributed by atoms with Crippen molar-refractivity contribution < 1.29 is 14.3 Å². The third-order valence-electron chi connectivity index (χ3n) is 3.22. The molecule has 1 aromatic carbocycles. The second-order valence-corrected chi connectivity index (χ2v) is 4.83. The average Bonchev–Trinajstić information content (AvgIpc) is 2.99. The first-order chi connectivity index (χ1) is 9.79. The van der Waals surface area contributed by atoms with Gasteiger partial charge in [-0.3, -0.25) is 4.79 Å². The van der Waals surface area contributed by atoms with Crippen LogP contribution in [0.4, 0.5) is 0 Å². The second kappa shape index (κ2) is 9.60. The SMILES string of the molecule is CNCCNC(=O)c1cccc(OCC2CCCO2)c1.Cl. The minimum absolute atomic E-state index is 0. The Hall–Kier alpha value is -1.30. The summed E-state index contributed by atoms with van der Waals surface area (Å²) in [7, 11) is 1.85. The standard InChI is InChI=1S/C15H22N2O3.ClH/c1-16-7-8-17-15(18)12-4-2-5-13(10-12)20-11-14-6-3-9-19-14;/h2,4-5,10,14,16H,3,6-9,11H2,1H3,(H,17,18);1H. The van der Waals surface area contributed by atoms with Crippen molar-refractivity contribution in [1.29, 1.82) is 0 Å². The van der Waals surface area contributed by atoms with E-state index in [9.17, 15) is 4.79 Å². The van der Waals surface area contributed by atoms with E-state index in [1.807, 2.05) is 19.2 Å². The molecule has 2 rings (SSSR count). The Labute approximate surface area is 131 Å². The largest absolute Gasteiger partial charge is 0.491 e. The molecule has 0 spiro atoms. The number of nitrogens with one attached hydrogen (secondary N) is 2. The zero-order chi connectivity index (χ0) is 14.2. The van der Waals surface area contributed by atoms with E-state index in [0.29, 0.717) is 24.5 Å². The highest BCUT2D eigenvalue weighted by molar-refractivity contribution is 5.94. The molecule has 0 aliphatic carbocycles. The Morgan fingerprint density at radius 3 is 3.00 bits per heavy atom. The Balaban J connectivity index is 0.00000220. The highest BCUT2D eigenvalue weighted by atomic mass is 35.5. The fourth-order valence-electron chi connectivity index (χ4n) is 2.10. The molecular formula is C15H23ClN2O3. The Kier molecular flexibility index (Phi) is 8.12. The predicted octanol–water partition coefficient (Wildman–Crippen LogP) is 1.62. The van der Waals surface area contributed by atoms with Gasteiger partial charge in [-0.25, -0.2) is 0 Å². The van der Waals surface area contributed by atoms with Crippen LogP contribution in [0.5, 0.6) is 5.75 Å². The van der Waals surface area contributed by atoms with E-state index in [2.05, 4.69) is 10.6 Å². The first-order valence-electron chi connectivity index (χ1n) is 7.07. The predicted molar refractivity (Wildman–Crippen MR) is 84.4 cm³/mol. The molecule has 1 fully saturated rings. The number of benzene rings is 1. The zero-order valence-corrected chi connectivity index (χ0v) is 13.1. The molecular weight excluding hydrogens is 292 g/mol. The summed E-state index contributed by atoms with van der Waals surface area (Å²) in [6, 6.07) is 7.24. The summed E-state index contributed by atoms with van der Waals surface area (Å²) in [5, 5.41) is 5.83. The third-order valence-corrected chi connectivity index (χ3v) is 3.22. The van der Waals surface area contributed by atoms with Crippen LogP contribution < -0.4 is 15.4 Å². The highest BCUT2D eigenvalue weighted by Gasteiger charge is 2.16. The van der Waals surface area contributed by atoms with Crippen LogP contribution in [0.1, 0.15) is 23.2 Å². The quantitative estimate of drug-likeness (QED) is 0.751. The number of ether oxygens (including phenoxy) is 2. The van der Waals surface area contributed by atoms with Crippen molar-refractivity contribution in [2.75, 3.05) is 33.4 Å². The number of carbonyl (C=O) groups excluding carboxylic acids is 1. The molecule has 0 bridgehead atoms. The van der Waals surface area contributed by atoms with Gasteiger partial charge in [0.2, 0.25) is 0 Å². The first-order valence-corrected chi connectivity index (χ1v) is 7.07. The van der Waals surface area contributed by atoms with Gasteiger partial charge in [-0.2, -0.15) is 0 Å². The van der Waals surface area contributed by atoms with Crippen molar-refractivity contribution in [1.82, 2.24) is 10.6 Å². The van der Waals surface area contributed by atoms with Crippen molar-refractivity contribution in [3.63, 3.8) is 0 Å². The second-order valence-electron chi connectivity index (χ2n) is 4.83. The number of hydrogen-bond acceptors (Lipinski definition) is 4. The van der Waals surface area contributed by atoms with Crippen LogP contribution in [-0.4, -0.2) is 45.4 Å². The summed E-state index contributed by atoms with van der Waals surface area (Å²) in [6.45, 7) is 2.73. The van der Waals surface area contributed by atoms with E-state index in [0.717, 1.165) is 26.0 Å². The molecule has 1 aliphatic heterocycles.